The molecule has 0 saturated heterocycles. The van der Waals surface area contributed by atoms with Crippen LogP contribution in [0.3, 0.4) is 0 Å². The number of benzene rings is 2. The van der Waals surface area contributed by atoms with Crippen LogP contribution in [0, 0.1) is 0 Å². The fourth-order valence-corrected chi connectivity index (χ4v) is 4.49. The average molecular weight is 407 g/mol. The van der Waals surface area contributed by atoms with E-state index in [-0.39, 0.29) is 19.0 Å². The first-order valence-electron chi connectivity index (χ1n) is 9.15. The predicted molar refractivity (Wildman–Crippen MR) is 107 cm³/mol. The highest BCUT2D eigenvalue weighted by Gasteiger charge is 2.50. The molecule has 3 heterocycles. The number of hydrogen-bond donors (Lipinski definition) is 1. The van der Waals surface area contributed by atoms with E-state index in [1.165, 1.54) is 0 Å². The largest absolute Gasteiger partial charge is 0.454 e. The summed E-state index contributed by atoms with van der Waals surface area (Å²) in [5.41, 5.74) is -0.450. The lowest BCUT2D eigenvalue weighted by atomic mass is 9.88. The fraction of sp³-hybridized carbons (Fsp3) is 0.182. The topological polar surface area (TPSA) is 76.1 Å². The first-order chi connectivity index (χ1) is 14.1. The molecule has 7 heteroatoms. The smallest absolute Gasteiger partial charge is 0.264 e. The number of hydrogen-bond acceptors (Lipinski definition) is 6. The third-order valence-corrected chi connectivity index (χ3v) is 6.11. The number of carbonyl (C=O) groups excluding carboxylic acids is 2. The summed E-state index contributed by atoms with van der Waals surface area (Å²) in [5, 5.41) is 13.3. The van der Waals surface area contributed by atoms with Gasteiger partial charge in [0.2, 0.25) is 6.79 Å². The van der Waals surface area contributed by atoms with Gasteiger partial charge in [-0.05, 0) is 35.7 Å². The minimum atomic E-state index is -1.90. The molecule has 2 aliphatic heterocycles. The van der Waals surface area contributed by atoms with Gasteiger partial charge >= 0.3 is 0 Å². The molecule has 0 bridgehead atoms. The van der Waals surface area contributed by atoms with Gasteiger partial charge in [0.1, 0.15) is 0 Å². The van der Waals surface area contributed by atoms with E-state index in [9.17, 15) is 14.7 Å². The van der Waals surface area contributed by atoms with Crippen molar-refractivity contribution in [1.82, 2.24) is 0 Å². The number of ether oxygens (including phenoxy) is 2. The van der Waals surface area contributed by atoms with Crippen LogP contribution >= 0.6 is 11.3 Å². The Morgan fingerprint density at radius 3 is 2.76 bits per heavy atom. The summed E-state index contributed by atoms with van der Waals surface area (Å²) in [4.78, 5) is 28.8. The number of amides is 1. The van der Waals surface area contributed by atoms with Crippen LogP contribution in [-0.4, -0.2) is 23.6 Å². The summed E-state index contributed by atoms with van der Waals surface area (Å²) >= 11 is 1.54. The second-order valence-corrected chi connectivity index (χ2v) is 8.05. The van der Waals surface area contributed by atoms with Crippen LogP contribution < -0.4 is 14.4 Å². The van der Waals surface area contributed by atoms with Gasteiger partial charge in [0.15, 0.2) is 22.9 Å². The zero-order chi connectivity index (χ0) is 20.0. The molecule has 0 spiro atoms. The van der Waals surface area contributed by atoms with Crippen molar-refractivity contribution in [1.29, 1.82) is 0 Å². The molecule has 0 fully saturated rings. The second-order valence-electron chi connectivity index (χ2n) is 7.02. The number of anilines is 1. The summed E-state index contributed by atoms with van der Waals surface area (Å²) < 4.78 is 10.6. The van der Waals surface area contributed by atoms with Gasteiger partial charge in [-0.15, -0.1) is 11.3 Å². The summed E-state index contributed by atoms with van der Waals surface area (Å²) in [5.74, 6) is 0.234. The van der Waals surface area contributed by atoms with Crippen molar-refractivity contribution in [3.05, 3.63) is 76.0 Å². The van der Waals surface area contributed by atoms with Crippen LogP contribution in [0.25, 0.3) is 0 Å². The summed E-state index contributed by atoms with van der Waals surface area (Å²) in [6, 6.07) is 15.8. The summed E-state index contributed by atoms with van der Waals surface area (Å²) in [6.45, 7) is 0.467. The summed E-state index contributed by atoms with van der Waals surface area (Å²) in [6.07, 6.45) is -0.344. The highest BCUT2D eigenvalue weighted by atomic mass is 32.1. The predicted octanol–water partition coefficient (Wildman–Crippen LogP) is 3.48. The fourth-order valence-electron chi connectivity index (χ4n) is 3.80. The standard InChI is InChI=1S/C22H17NO5S/c24-18(14-7-8-19-20(10-14)28-13-27-19)11-22(26)16-5-1-2-6-17(16)23(21(22)25)12-15-4-3-9-29-15/h1-10,26H,11-13H2. The number of fused-ring (bicyclic) bond motifs is 2. The number of Topliss-reactive ketones (excluding diaryl/α,β-unsaturated/α-hetero) is 1. The maximum absolute atomic E-state index is 13.2. The Morgan fingerprint density at radius 2 is 1.93 bits per heavy atom. The van der Waals surface area contributed by atoms with Crippen molar-refractivity contribution in [2.24, 2.45) is 0 Å². The molecule has 1 unspecified atom stereocenters. The zero-order valence-corrected chi connectivity index (χ0v) is 16.1. The van der Waals surface area contributed by atoms with E-state index in [0.717, 1.165) is 4.88 Å². The van der Waals surface area contributed by atoms with Gasteiger partial charge in [0.05, 0.1) is 18.7 Å². The lowest BCUT2D eigenvalue weighted by Crippen LogP contribution is -2.41. The maximum Gasteiger partial charge on any atom is 0.264 e. The molecule has 5 rings (SSSR count). The number of nitrogens with zero attached hydrogens (tertiary/aromatic N) is 1. The van der Waals surface area contributed by atoms with Crippen LogP contribution in [-0.2, 0) is 16.9 Å². The minimum absolute atomic E-state index is 0.112. The molecule has 0 saturated carbocycles. The molecule has 1 amide bonds. The first kappa shape index (κ1) is 17.9. The number of aliphatic hydroxyl groups is 1. The van der Waals surface area contributed by atoms with Gasteiger partial charge in [-0.1, -0.05) is 24.3 Å². The van der Waals surface area contributed by atoms with Gasteiger partial charge in [0, 0.05) is 16.0 Å². The Kier molecular flexibility index (Phi) is 4.15. The van der Waals surface area contributed by atoms with E-state index < -0.39 is 11.5 Å². The minimum Gasteiger partial charge on any atom is -0.454 e. The Bertz CT molecular complexity index is 1110. The average Bonchev–Trinajstić information content (AvgIpc) is 3.45. The third kappa shape index (κ3) is 2.90. The van der Waals surface area contributed by atoms with E-state index in [1.54, 1.807) is 52.6 Å². The molecule has 2 aromatic carbocycles. The Morgan fingerprint density at radius 1 is 1.10 bits per heavy atom. The van der Waals surface area contributed by atoms with E-state index in [2.05, 4.69) is 0 Å². The Hall–Kier alpha value is -3.16. The molecule has 1 atom stereocenters. The van der Waals surface area contributed by atoms with Crippen LogP contribution in [0.1, 0.15) is 27.2 Å². The van der Waals surface area contributed by atoms with Crippen molar-refractivity contribution >= 4 is 28.7 Å². The number of para-hydroxylation sites is 1. The zero-order valence-electron chi connectivity index (χ0n) is 15.3. The molecule has 1 N–H and O–H groups in total. The van der Waals surface area contributed by atoms with Crippen LogP contribution in [0.2, 0.25) is 0 Å². The monoisotopic (exact) mass is 407 g/mol. The van der Waals surface area contributed by atoms with Crippen molar-refractivity contribution in [2.75, 3.05) is 11.7 Å². The molecular formula is C22H17NO5S. The van der Waals surface area contributed by atoms with Crippen LogP contribution in [0.5, 0.6) is 11.5 Å². The molecule has 0 aliphatic carbocycles. The maximum atomic E-state index is 13.2. The van der Waals surface area contributed by atoms with Crippen molar-refractivity contribution in [3.8, 4) is 11.5 Å². The molecule has 6 nitrogen and oxygen atoms in total. The van der Waals surface area contributed by atoms with Crippen LogP contribution in [0.15, 0.2) is 60.0 Å². The number of ketones is 1. The highest BCUT2D eigenvalue weighted by Crippen LogP contribution is 2.44. The molecule has 29 heavy (non-hydrogen) atoms. The van der Waals surface area contributed by atoms with E-state index in [4.69, 9.17) is 9.47 Å². The van der Waals surface area contributed by atoms with Gasteiger partial charge in [-0.2, -0.15) is 0 Å². The quantitative estimate of drug-likeness (QED) is 0.656. The van der Waals surface area contributed by atoms with Gasteiger partial charge in [-0.25, -0.2) is 0 Å². The lowest BCUT2D eigenvalue weighted by Gasteiger charge is -2.22. The normalized spacial score (nSPS) is 19.5. The SMILES string of the molecule is O=C(CC1(O)C(=O)N(Cc2cccs2)c2ccccc21)c1ccc2c(c1)OCO2. The third-order valence-electron chi connectivity index (χ3n) is 5.24. The van der Waals surface area contributed by atoms with Crippen molar-refractivity contribution in [3.63, 3.8) is 0 Å². The molecule has 1 aromatic heterocycles. The van der Waals surface area contributed by atoms with Gasteiger partial charge < -0.3 is 19.5 Å². The van der Waals surface area contributed by atoms with E-state index in [1.807, 2.05) is 23.6 Å². The van der Waals surface area contributed by atoms with Gasteiger partial charge in [-0.3, -0.25) is 9.59 Å². The number of carbonyl (C=O) groups is 2. The molecule has 3 aromatic rings. The van der Waals surface area contributed by atoms with Crippen molar-refractivity contribution in [2.45, 2.75) is 18.6 Å². The van der Waals surface area contributed by atoms with Crippen LogP contribution in [0.4, 0.5) is 5.69 Å². The number of thiophene rings is 1. The van der Waals surface area contributed by atoms with Gasteiger partial charge in [0.25, 0.3) is 5.91 Å². The van der Waals surface area contributed by atoms with E-state index in [0.29, 0.717) is 34.9 Å². The van der Waals surface area contributed by atoms with E-state index >= 15 is 0 Å². The molecule has 146 valence electrons. The number of rotatable bonds is 5. The highest BCUT2D eigenvalue weighted by molar-refractivity contribution is 7.09. The molecule has 2 aliphatic rings. The Balaban J connectivity index is 1.47. The second kappa shape index (κ2) is 6.72. The Labute approximate surface area is 170 Å². The first-order valence-corrected chi connectivity index (χ1v) is 10.0. The lowest BCUT2D eigenvalue weighted by molar-refractivity contribution is -0.136. The molecule has 0 radical (unpaired) electrons. The summed E-state index contributed by atoms with van der Waals surface area (Å²) in [7, 11) is 0. The molecular weight excluding hydrogens is 390 g/mol. The van der Waals surface area contributed by atoms with Crippen molar-refractivity contribution < 1.29 is 24.2 Å².